The molecular formula is C38H68N6O6S2Si2. The molecule has 3 rings (SSSR count). The number of hydrogen-bond acceptors (Lipinski definition) is 12. The van der Waals surface area contributed by atoms with Gasteiger partial charge in [-0.1, -0.05) is 87.3 Å². The monoisotopic (exact) mass is 824 g/mol. The number of rotatable bonds is 32. The lowest BCUT2D eigenvalue weighted by Gasteiger charge is -2.28. The first kappa shape index (κ1) is 46.8. The third-order valence-electron chi connectivity index (χ3n) is 8.62. The average molecular weight is 825 g/mol. The van der Waals surface area contributed by atoms with Crippen molar-refractivity contribution in [3.8, 4) is 22.8 Å². The molecular weight excluding hydrogens is 757 g/mol. The van der Waals surface area contributed by atoms with Gasteiger partial charge in [0, 0.05) is 75.9 Å². The van der Waals surface area contributed by atoms with Gasteiger partial charge in [0.1, 0.15) is 0 Å². The summed E-state index contributed by atoms with van der Waals surface area (Å²) in [6, 6.07) is 10.1. The van der Waals surface area contributed by atoms with E-state index in [9.17, 15) is 0 Å². The van der Waals surface area contributed by atoms with E-state index >= 15 is 0 Å². The van der Waals surface area contributed by atoms with Crippen molar-refractivity contribution < 1.29 is 26.6 Å². The summed E-state index contributed by atoms with van der Waals surface area (Å²) in [5, 5.41) is 11.8. The summed E-state index contributed by atoms with van der Waals surface area (Å²) >= 11 is 3.47. The third-order valence-corrected chi connectivity index (χ3v) is 16.6. The Hall–Kier alpha value is -1.61. The molecule has 0 spiro atoms. The van der Waals surface area contributed by atoms with E-state index in [4.69, 9.17) is 46.7 Å². The second-order valence-electron chi connectivity index (χ2n) is 12.6. The Labute approximate surface area is 336 Å². The highest BCUT2D eigenvalue weighted by atomic mass is 32.2. The predicted molar refractivity (Wildman–Crippen MR) is 225 cm³/mol. The van der Waals surface area contributed by atoms with Gasteiger partial charge in [0.2, 0.25) is 0 Å². The van der Waals surface area contributed by atoms with Crippen LogP contribution in [0.5, 0.6) is 0 Å². The standard InChI is InChI=1S/C38H68N6O6S2Si2/c1-9-45-53(46-10-2,47-11-3)31-23-19-17-21-29-43-37(51-15-7)39-35(41-43)33-25-27-34(28-26-33)36-40-38(52-16-8)44(42-36)30-22-18-20-24-32-54(48-12-4,49-13-5)50-14-6/h25-28H,9-24,29-32H2,1-8H3. The Kier molecular flexibility index (Phi) is 22.8. The quantitative estimate of drug-likeness (QED) is 0.0339. The molecule has 3 aromatic rings. The van der Waals surface area contributed by atoms with Crippen LogP contribution in [0.4, 0.5) is 0 Å². The Bertz CT molecular complexity index is 1290. The molecule has 0 saturated carbocycles. The average Bonchev–Trinajstić information content (AvgIpc) is 3.76. The molecule has 0 saturated heterocycles. The zero-order chi connectivity index (χ0) is 39.1. The fourth-order valence-electron chi connectivity index (χ4n) is 6.35. The van der Waals surface area contributed by atoms with Crippen molar-refractivity contribution in [2.24, 2.45) is 0 Å². The lowest BCUT2D eigenvalue weighted by Crippen LogP contribution is -2.45. The van der Waals surface area contributed by atoms with E-state index in [1.165, 1.54) is 0 Å². The van der Waals surface area contributed by atoms with Crippen LogP contribution in [0.2, 0.25) is 12.1 Å². The van der Waals surface area contributed by atoms with Crippen molar-refractivity contribution in [3.05, 3.63) is 24.3 Å². The fourth-order valence-corrected chi connectivity index (χ4v) is 13.1. The molecule has 16 heteroatoms. The summed E-state index contributed by atoms with van der Waals surface area (Å²) in [5.41, 5.74) is 1.99. The second-order valence-corrected chi connectivity index (χ2v) is 20.5. The molecule has 306 valence electrons. The van der Waals surface area contributed by atoms with Crippen LogP contribution in [-0.2, 0) is 39.6 Å². The van der Waals surface area contributed by atoms with E-state index in [1.54, 1.807) is 23.5 Å². The molecule has 0 atom stereocenters. The molecule has 0 aliphatic heterocycles. The molecule has 2 aromatic heterocycles. The molecule has 0 unspecified atom stereocenters. The predicted octanol–water partition coefficient (Wildman–Crippen LogP) is 9.65. The van der Waals surface area contributed by atoms with Crippen molar-refractivity contribution in [3.63, 3.8) is 0 Å². The number of benzene rings is 1. The lowest BCUT2D eigenvalue weighted by atomic mass is 10.1. The molecule has 0 amide bonds. The first-order chi connectivity index (χ1) is 26.4. The van der Waals surface area contributed by atoms with Crippen molar-refractivity contribution in [2.75, 3.05) is 51.1 Å². The molecule has 12 nitrogen and oxygen atoms in total. The van der Waals surface area contributed by atoms with E-state index in [2.05, 4.69) is 47.5 Å². The number of unbranched alkanes of at least 4 members (excludes halogenated alkanes) is 6. The van der Waals surface area contributed by atoms with Crippen LogP contribution in [0, 0.1) is 0 Å². The van der Waals surface area contributed by atoms with E-state index in [-0.39, 0.29) is 0 Å². The minimum Gasteiger partial charge on any atom is -0.374 e. The maximum atomic E-state index is 6.02. The summed E-state index contributed by atoms with van der Waals surface area (Å²) < 4.78 is 40.3. The lowest BCUT2D eigenvalue weighted by molar-refractivity contribution is 0.0698. The van der Waals surface area contributed by atoms with Gasteiger partial charge in [-0.15, -0.1) is 0 Å². The molecule has 0 N–H and O–H groups in total. The van der Waals surface area contributed by atoms with Gasteiger partial charge in [-0.05, 0) is 78.7 Å². The Morgan fingerprint density at radius 1 is 0.463 bits per heavy atom. The van der Waals surface area contributed by atoms with Crippen LogP contribution in [-0.4, -0.2) is 98.3 Å². The summed E-state index contributed by atoms with van der Waals surface area (Å²) in [7, 11) is -5.15. The van der Waals surface area contributed by atoms with Gasteiger partial charge in [-0.3, -0.25) is 0 Å². The van der Waals surface area contributed by atoms with E-state index in [1.807, 2.05) is 41.5 Å². The summed E-state index contributed by atoms with van der Waals surface area (Å²) in [6.07, 6.45) is 8.55. The van der Waals surface area contributed by atoms with Gasteiger partial charge in [-0.25, -0.2) is 19.3 Å². The maximum Gasteiger partial charge on any atom is 0.500 e. The maximum absolute atomic E-state index is 6.02. The number of thioether (sulfide) groups is 2. The first-order valence-electron chi connectivity index (χ1n) is 20.4. The summed E-state index contributed by atoms with van der Waals surface area (Å²) in [4.78, 5) is 9.87. The van der Waals surface area contributed by atoms with Crippen LogP contribution in [0.15, 0.2) is 34.6 Å². The molecule has 0 bridgehead atoms. The van der Waals surface area contributed by atoms with Crippen molar-refractivity contribution in [1.29, 1.82) is 0 Å². The normalized spacial score (nSPS) is 12.3. The second kappa shape index (κ2) is 26.3. The van der Waals surface area contributed by atoms with E-state index in [0.29, 0.717) is 39.6 Å². The molecule has 0 radical (unpaired) electrons. The number of aryl methyl sites for hydroxylation is 2. The van der Waals surface area contributed by atoms with Gasteiger partial charge >= 0.3 is 17.6 Å². The van der Waals surface area contributed by atoms with Crippen molar-refractivity contribution >= 4 is 41.1 Å². The fraction of sp³-hybridized carbons (Fsp3) is 0.737. The van der Waals surface area contributed by atoms with Crippen molar-refractivity contribution in [2.45, 2.75) is 142 Å². The minimum absolute atomic E-state index is 0.618. The van der Waals surface area contributed by atoms with Gasteiger partial charge in [0.05, 0.1) is 0 Å². The Balaban J connectivity index is 1.56. The molecule has 0 fully saturated rings. The van der Waals surface area contributed by atoms with Crippen LogP contribution in [0.3, 0.4) is 0 Å². The smallest absolute Gasteiger partial charge is 0.374 e. The van der Waals surface area contributed by atoms with Crippen LogP contribution in [0.25, 0.3) is 22.8 Å². The molecule has 1 aromatic carbocycles. The van der Waals surface area contributed by atoms with Gasteiger partial charge in [0.25, 0.3) is 0 Å². The van der Waals surface area contributed by atoms with Gasteiger partial charge in [0.15, 0.2) is 22.0 Å². The highest BCUT2D eigenvalue weighted by Gasteiger charge is 2.40. The van der Waals surface area contributed by atoms with Crippen LogP contribution in [0.1, 0.15) is 107 Å². The summed E-state index contributed by atoms with van der Waals surface area (Å²) in [6.45, 7) is 21.8. The topological polar surface area (TPSA) is 117 Å². The van der Waals surface area contributed by atoms with Crippen molar-refractivity contribution in [1.82, 2.24) is 29.5 Å². The molecule has 0 aliphatic carbocycles. The van der Waals surface area contributed by atoms with E-state index < -0.39 is 17.6 Å². The largest absolute Gasteiger partial charge is 0.500 e. The Morgan fingerprint density at radius 3 is 1.07 bits per heavy atom. The SMILES string of the molecule is CCO[Si](CCCCCCn1nc(-c2ccc(-c3nc(SCC)n(CCCCCC[Si](OCC)(OCC)OCC)n3)cc2)nc1SCC)(OCC)OCC. The number of aromatic nitrogens is 6. The minimum atomic E-state index is -2.58. The molecule has 2 heterocycles. The van der Waals surface area contributed by atoms with Gasteiger partial charge < -0.3 is 26.6 Å². The van der Waals surface area contributed by atoms with E-state index in [0.717, 1.165) is 121 Å². The highest BCUT2D eigenvalue weighted by molar-refractivity contribution is 7.99. The highest BCUT2D eigenvalue weighted by Crippen LogP contribution is 2.28. The van der Waals surface area contributed by atoms with Crippen LogP contribution >= 0.6 is 23.5 Å². The molecule has 54 heavy (non-hydrogen) atoms. The van der Waals surface area contributed by atoms with Gasteiger partial charge in [-0.2, -0.15) is 10.2 Å². The number of hydrogen-bond donors (Lipinski definition) is 0. The first-order valence-corrected chi connectivity index (χ1v) is 26.3. The summed E-state index contributed by atoms with van der Waals surface area (Å²) in [5.74, 6) is 3.40. The zero-order valence-electron chi connectivity index (χ0n) is 34.4. The Morgan fingerprint density at radius 2 is 0.778 bits per heavy atom. The third kappa shape index (κ3) is 15.0. The zero-order valence-corrected chi connectivity index (χ0v) is 38.0. The molecule has 0 aliphatic rings. The number of nitrogens with zero attached hydrogens (tertiary/aromatic N) is 6. The van der Waals surface area contributed by atoms with Crippen LogP contribution < -0.4 is 0 Å².